The maximum Gasteiger partial charge on any atom is 0.238 e. The zero-order chi connectivity index (χ0) is 26.5. The Hall–Kier alpha value is -5.27. The Kier molecular flexibility index (Phi) is 5.21. The molecule has 0 fully saturated rings. The number of fused-ring (bicyclic) bond motifs is 5. The second kappa shape index (κ2) is 9.18. The topological polar surface area (TPSA) is 69.4 Å². The van der Waals surface area contributed by atoms with Crippen LogP contribution < -0.4 is 0 Å². The molecule has 40 heavy (non-hydrogen) atoms. The molecule has 0 saturated carbocycles. The molecule has 0 aliphatic carbocycles. The van der Waals surface area contributed by atoms with Gasteiger partial charge < -0.3 is 0 Å². The number of benzene rings is 3. The average molecular weight is 533 g/mol. The number of aromatic nitrogens is 6. The summed E-state index contributed by atoms with van der Waals surface area (Å²) in [6.07, 6.45) is 7.13. The molecule has 0 aliphatic heterocycles. The number of hydrogen-bond donors (Lipinski definition) is 0. The van der Waals surface area contributed by atoms with Crippen LogP contribution in [0.4, 0.5) is 0 Å². The molecule has 0 amide bonds. The van der Waals surface area contributed by atoms with Crippen molar-refractivity contribution in [2.24, 2.45) is 0 Å². The van der Waals surface area contributed by atoms with Crippen LogP contribution in [0.3, 0.4) is 0 Å². The van der Waals surface area contributed by atoms with Crippen LogP contribution in [0.2, 0.25) is 0 Å². The van der Waals surface area contributed by atoms with Gasteiger partial charge in [0, 0.05) is 51.4 Å². The first kappa shape index (κ1) is 22.7. The van der Waals surface area contributed by atoms with Gasteiger partial charge in [-0.05, 0) is 64.4 Å². The molecule has 0 atom stereocenters. The summed E-state index contributed by atoms with van der Waals surface area (Å²) in [5, 5.41) is 5.79. The van der Waals surface area contributed by atoms with E-state index >= 15 is 0 Å². The standard InChI is InChI=1S/C33H20N6S/c1-2-4-27-26(3-1)29-28(10-9-23-15-20-40-30(23)29)39(27)33-37-31(36-32(38-33)25-13-18-35-19-14-25)24-7-5-21(6-8-24)22-11-16-34-17-12-22/h1-20H. The van der Waals surface area contributed by atoms with Crippen LogP contribution in [-0.4, -0.2) is 29.5 Å². The zero-order valence-corrected chi connectivity index (χ0v) is 22.0. The van der Waals surface area contributed by atoms with E-state index in [0.29, 0.717) is 17.6 Å². The summed E-state index contributed by atoms with van der Waals surface area (Å²) < 4.78 is 3.42. The predicted octanol–water partition coefficient (Wildman–Crippen LogP) is 7.97. The number of hydrogen-bond acceptors (Lipinski definition) is 6. The lowest BCUT2D eigenvalue weighted by molar-refractivity contribution is 0.953. The molecule has 5 aromatic heterocycles. The van der Waals surface area contributed by atoms with Crippen molar-refractivity contribution in [2.45, 2.75) is 0 Å². The molecule has 0 saturated heterocycles. The number of thiophene rings is 1. The van der Waals surface area contributed by atoms with E-state index in [4.69, 9.17) is 15.0 Å². The van der Waals surface area contributed by atoms with E-state index in [2.05, 4.69) is 86.6 Å². The quantitative estimate of drug-likeness (QED) is 0.230. The number of nitrogens with zero attached hydrogens (tertiary/aromatic N) is 6. The van der Waals surface area contributed by atoms with Gasteiger partial charge in [0.25, 0.3) is 0 Å². The number of rotatable bonds is 4. The third-order valence-corrected chi connectivity index (χ3v) is 8.12. The lowest BCUT2D eigenvalue weighted by Crippen LogP contribution is -2.06. The molecule has 0 bridgehead atoms. The largest absolute Gasteiger partial charge is 0.278 e. The third kappa shape index (κ3) is 3.67. The minimum atomic E-state index is 0.581. The average Bonchev–Trinajstić information content (AvgIpc) is 3.64. The van der Waals surface area contributed by atoms with E-state index in [1.807, 2.05) is 24.3 Å². The van der Waals surface area contributed by atoms with Gasteiger partial charge in [0.15, 0.2) is 11.6 Å². The summed E-state index contributed by atoms with van der Waals surface area (Å²) in [5.74, 6) is 1.79. The SMILES string of the molecule is c1ccc2c(c1)c1c3sccc3ccc1n2-c1nc(-c2ccncc2)nc(-c2ccc(-c3ccncc3)cc2)n1. The van der Waals surface area contributed by atoms with Crippen LogP contribution in [-0.2, 0) is 0 Å². The lowest BCUT2D eigenvalue weighted by Gasteiger charge is -2.11. The molecule has 6 nitrogen and oxygen atoms in total. The highest BCUT2D eigenvalue weighted by Gasteiger charge is 2.19. The molecular weight excluding hydrogens is 512 g/mol. The molecule has 3 aromatic carbocycles. The second-order valence-electron chi connectivity index (χ2n) is 9.48. The maximum absolute atomic E-state index is 5.06. The minimum Gasteiger partial charge on any atom is -0.278 e. The van der Waals surface area contributed by atoms with Gasteiger partial charge in [0.2, 0.25) is 5.95 Å². The summed E-state index contributed by atoms with van der Waals surface area (Å²) in [5.41, 5.74) is 6.15. The summed E-state index contributed by atoms with van der Waals surface area (Å²) >= 11 is 1.76. The van der Waals surface area contributed by atoms with Gasteiger partial charge in [-0.3, -0.25) is 14.5 Å². The van der Waals surface area contributed by atoms with Gasteiger partial charge in [-0.25, -0.2) is 4.98 Å². The highest BCUT2D eigenvalue weighted by Crippen LogP contribution is 2.38. The molecule has 5 heterocycles. The Morgan fingerprint density at radius 2 is 1.15 bits per heavy atom. The Morgan fingerprint density at radius 3 is 1.90 bits per heavy atom. The fourth-order valence-electron chi connectivity index (χ4n) is 5.27. The van der Waals surface area contributed by atoms with Crippen molar-refractivity contribution in [3.63, 3.8) is 0 Å². The van der Waals surface area contributed by atoms with E-state index in [-0.39, 0.29) is 0 Å². The maximum atomic E-state index is 5.06. The van der Waals surface area contributed by atoms with Crippen LogP contribution in [0.1, 0.15) is 0 Å². The molecule has 8 rings (SSSR count). The molecule has 0 spiro atoms. The van der Waals surface area contributed by atoms with Crippen molar-refractivity contribution in [1.82, 2.24) is 29.5 Å². The Balaban J connectivity index is 1.38. The predicted molar refractivity (Wildman–Crippen MR) is 161 cm³/mol. The first-order chi connectivity index (χ1) is 19.8. The van der Waals surface area contributed by atoms with E-state index in [1.165, 1.54) is 20.9 Å². The van der Waals surface area contributed by atoms with Crippen LogP contribution in [0.15, 0.2) is 121 Å². The smallest absolute Gasteiger partial charge is 0.238 e. The summed E-state index contributed by atoms with van der Waals surface area (Å²) in [6, 6.07) is 31.1. The Bertz CT molecular complexity index is 2150. The van der Waals surface area contributed by atoms with Gasteiger partial charge in [-0.15, -0.1) is 11.3 Å². The molecule has 7 heteroatoms. The summed E-state index contributed by atoms with van der Waals surface area (Å²) in [7, 11) is 0. The van der Waals surface area contributed by atoms with Crippen molar-refractivity contribution in [3.05, 3.63) is 121 Å². The van der Waals surface area contributed by atoms with E-state index in [9.17, 15) is 0 Å². The highest BCUT2D eigenvalue weighted by molar-refractivity contribution is 7.18. The molecule has 8 aromatic rings. The normalized spacial score (nSPS) is 11.5. The number of pyridine rings is 2. The first-order valence-corrected chi connectivity index (χ1v) is 13.8. The van der Waals surface area contributed by atoms with Crippen LogP contribution in [0, 0.1) is 0 Å². The van der Waals surface area contributed by atoms with Gasteiger partial charge in [0.05, 0.1) is 11.0 Å². The van der Waals surface area contributed by atoms with Crippen molar-refractivity contribution < 1.29 is 0 Å². The van der Waals surface area contributed by atoms with E-state index in [1.54, 1.807) is 36.1 Å². The summed E-state index contributed by atoms with van der Waals surface area (Å²) in [4.78, 5) is 23.3. The minimum absolute atomic E-state index is 0.581. The van der Waals surface area contributed by atoms with Crippen molar-refractivity contribution in [1.29, 1.82) is 0 Å². The Labute approximate surface area is 233 Å². The van der Waals surface area contributed by atoms with Gasteiger partial charge in [-0.2, -0.15) is 9.97 Å². The fraction of sp³-hybridized carbons (Fsp3) is 0. The van der Waals surface area contributed by atoms with Crippen molar-refractivity contribution in [2.75, 3.05) is 0 Å². The number of para-hydroxylation sites is 1. The van der Waals surface area contributed by atoms with Gasteiger partial charge in [-0.1, -0.05) is 48.5 Å². The lowest BCUT2D eigenvalue weighted by atomic mass is 10.0. The highest BCUT2D eigenvalue weighted by atomic mass is 32.1. The molecular formula is C33H20N6S. The third-order valence-electron chi connectivity index (χ3n) is 7.17. The fourth-order valence-corrected chi connectivity index (χ4v) is 6.23. The zero-order valence-electron chi connectivity index (χ0n) is 21.1. The summed E-state index contributed by atoms with van der Waals surface area (Å²) in [6.45, 7) is 0. The van der Waals surface area contributed by atoms with Gasteiger partial charge >= 0.3 is 0 Å². The van der Waals surface area contributed by atoms with Crippen LogP contribution in [0.5, 0.6) is 0 Å². The van der Waals surface area contributed by atoms with Crippen molar-refractivity contribution in [3.8, 4) is 39.9 Å². The second-order valence-corrected chi connectivity index (χ2v) is 10.4. The van der Waals surface area contributed by atoms with E-state index in [0.717, 1.165) is 33.3 Å². The van der Waals surface area contributed by atoms with Crippen LogP contribution >= 0.6 is 11.3 Å². The van der Waals surface area contributed by atoms with Crippen LogP contribution in [0.25, 0.3) is 71.7 Å². The van der Waals surface area contributed by atoms with E-state index < -0.39 is 0 Å². The molecule has 0 aliphatic rings. The molecule has 0 N–H and O–H groups in total. The monoisotopic (exact) mass is 532 g/mol. The first-order valence-electron chi connectivity index (χ1n) is 12.9. The molecule has 0 radical (unpaired) electrons. The molecule has 188 valence electrons. The molecule has 0 unspecified atom stereocenters. The Morgan fingerprint density at radius 1 is 0.525 bits per heavy atom. The van der Waals surface area contributed by atoms with Crippen molar-refractivity contribution >= 4 is 43.2 Å². The van der Waals surface area contributed by atoms with Gasteiger partial charge in [0.1, 0.15) is 0 Å².